The highest BCUT2D eigenvalue weighted by Gasteiger charge is 2.13. The summed E-state index contributed by atoms with van der Waals surface area (Å²) in [5.74, 6) is -0.142. The molecule has 0 aliphatic rings. The Bertz CT molecular complexity index is 314. The average Bonchev–Trinajstić information content (AvgIpc) is 2.03. The van der Waals surface area contributed by atoms with Crippen molar-refractivity contribution in [2.24, 2.45) is 5.73 Å². The van der Waals surface area contributed by atoms with Crippen molar-refractivity contribution < 1.29 is 9.53 Å². The maximum Gasteiger partial charge on any atom is 0.255 e. The lowest BCUT2D eigenvalue weighted by molar-refractivity contribution is 0.0996. The Labute approximate surface area is 77.9 Å². The van der Waals surface area contributed by atoms with Gasteiger partial charge in [0.15, 0.2) is 0 Å². The number of carbonyl (C=O) groups excluding carboxylic acids is 1. The molecule has 5 heteroatoms. The molecule has 4 nitrogen and oxygen atoms in total. The van der Waals surface area contributed by atoms with Crippen LogP contribution in [-0.4, -0.2) is 18.0 Å². The Morgan fingerprint density at radius 1 is 1.75 bits per heavy atom. The van der Waals surface area contributed by atoms with Crippen molar-refractivity contribution in [3.8, 4) is 5.75 Å². The summed E-state index contributed by atoms with van der Waals surface area (Å²) in [4.78, 5) is 14.7. The molecule has 0 fully saturated rings. The van der Waals surface area contributed by atoms with Crippen LogP contribution >= 0.6 is 15.9 Å². The summed E-state index contributed by atoms with van der Waals surface area (Å²) in [6, 6.07) is 1.57. The van der Waals surface area contributed by atoms with Crippen LogP contribution in [0.15, 0.2) is 16.9 Å². The van der Waals surface area contributed by atoms with Gasteiger partial charge in [0.2, 0.25) is 0 Å². The van der Waals surface area contributed by atoms with E-state index in [9.17, 15) is 4.79 Å². The van der Waals surface area contributed by atoms with Crippen LogP contribution in [0.3, 0.4) is 0 Å². The van der Waals surface area contributed by atoms with E-state index in [1.807, 2.05) is 0 Å². The quantitative estimate of drug-likeness (QED) is 0.770. The third-order valence-corrected chi connectivity index (χ3v) is 1.93. The number of carbonyl (C=O) groups is 1. The highest BCUT2D eigenvalue weighted by molar-refractivity contribution is 9.10. The smallest absolute Gasteiger partial charge is 0.255 e. The second-order valence-electron chi connectivity index (χ2n) is 2.04. The van der Waals surface area contributed by atoms with Gasteiger partial charge in [-0.15, -0.1) is 0 Å². The van der Waals surface area contributed by atoms with E-state index >= 15 is 0 Å². The van der Waals surface area contributed by atoms with Gasteiger partial charge in [-0.3, -0.25) is 4.79 Å². The second-order valence-corrected chi connectivity index (χ2v) is 2.79. The molecule has 1 aromatic heterocycles. The van der Waals surface area contributed by atoms with Gasteiger partial charge < -0.3 is 10.5 Å². The van der Waals surface area contributed by atoms with Crippen molar-refractivity contribution in [3.63, 3.8) is 0 Å². The van der Waals surface area contributed by atoms with Crippen molar-refractivity contribution in [2.75, 3.05) is 7.11 Å². The number of amides is 1. The lowest BCUT2D eigenvalue weighted by Crippen LogP contribution is -2.13. The van der Waals surface area contributed by atoms with Gasteiger partial charge in [-0.2, -0.15) is 0 Å². The number of halogens is 1. The number of nitrogens with two attached hydrogens (primary N) is 1. The average molecular weight is 231 g/mol. The lowest BCUT2D eigenvalue weighted by atomic mass is 10.2. The lowest BCUT2D eigenvalue weighted by Gasteiger charge is -2.05. The zero-order chi connectivity index (χ0) is 9.14. The first-order valence-electron chi connectivity index (χ1n) is 3.15. The number of pyridine rings is 1. The summed E-state index contributed by atoms with van der Waals surface area (Å²) in [6.07, 6.45) is 1.52. The molecule has 0 aliphatic carbocycles. The van der Waals surface area contributed by atoms with Gasteiger partial charge in [0.1, 0.15) is 15.9 Å². The fourth-order valence-electron chi connectivity index (χ4n) is 0.813. The van der Waals surface area contributed by atoms with Gasteiger partial charge in [-0.1, -0.05) is 0 Å². The van der Waals surface area contributed by atoms with Crippen molar-refractivity contribution >= 4 is 21.8 Å². The van der Waals surface area contributed by atoms with Crippen LogP contribution in [0.5, 0.6) is 5.75 Å². The van der Waals surface area contributed by atoms with Crippen LogP contribution in [0.2, 0.25) is 0 Å². The Morgan fingerprint density at radius 3 is 2.83 bits per heavy atom. The van der Waals surface area contributed by atoms with Crippen molar-refractivity contribution in [3.05, 3.63) is 22.4 Å². The summed E-state index contributed by atoms with van der Waals surface area (Å²) in [5, 5.41) is 0. The molecule has 0 atom stereocenters. The summed E-state index contributed by atoms with van der Waals surface area (Å²) in [7, 11) is 1.47. The van der Waals surface area contributed by atoms with Crippen molar-refractivity contribution in [2.45, 2.75) is 0 Å². The molecule has 0 saturated carbocycles. The molecule has 1 aromatic rings. The van der Waals surface area contributed by atoms with Crippen molar-refractivity contribution in [1.82, 2.24) is 4.98 Å². The van der Waals surface area contributed by atoms with Gasteiger partial charge in [0, 0.05) is 6.20 Å². The molecule has 0 aliphatic heterocycles. The Balaban J connectivity index is 3.29. The van der Waals surface area contributed by atoms with E-state index in [1.165, 1.54) is 13.3 Å². The summed E-state index contributed by atoms with van der Waals surface area (Å²) >= 11 is 3.10. The standard InChI is InChI=1S/C7H7BrN2O2/c1-12-4-2-3-10-6(8)5(4)7(9)11/h2-3H,1H3,(H2,9,11). The summed E-state index contributed by atoms with van der Waals surface area (Å²) in [6.45, 7) is 0. The van der Waals surface area contributed by atoms with E-state index in [2.05, 4.69) is 20.9 Å². The van der Waals surface area contributed by atoms with Crippen LogP contribution < -0.4 is 10.5 Å². The van der Waals surface area contributed by atoms with E-state index in [4.69, 9.17) is 10.5 Å². The number of hydrogen-bond acceptors (Lipinski definition) is 3. The van der Waals surface area contributed by atoms with Crippen LogP contribution in [0.25, 0.3) is 0 Å². The summed E-state index contributed by atoms with van der Waals surface area (Å²) < 4.78 is 5.31. The molecule has 12 heavy (non-hydrogen) atoms. The number of hydrogen-bond donors (Lipinski definition) is 1. The normalized spacial score (nSPS) is 9.50. The molecule has 0 bridgehead atoms. The predicted octanol–water partition coefficient (Wildman–Crippen LogP) is 0.952. The molecular formula is C7H7BrN2O2. The molecule has 1 amide bonds. The highest BCUT2D eigenvalue weighted by Crippen LogP contribution is 2.23. The fourth-order valence-corrected chi connectivity index (χ4v) is 1.32. The predicted molar refractivity (Wildman–Crippen MR) is 47.0 cm³/mol. The topological polar surface area (TPSA) is 65.2 Å². The second kappa shape index (κ2) is 3.53. The maximum atomic E-state index is 10.9. The maximum absolute atomic E-state index is 10.9. The van der Waals surface area contributed by atoms with Crippen LogP contribution in [-0.2, 0) is 0 Å². The zero-order valence-electron chi connectivity index (χ0n) is 6.37. The van der Waals surface area contributed by atoms with E-state index in [0.29, 0.717) is 10.4 Å². The molecule has 0 unspecified atom stereocenters. The largest absolute Gasteiger partial charge is 0.496 e. The van der Waals surface area contributed by atoms with Gasteiger partial charge in [0.25, 0.3) is 5.91 Å². The Kier molecular flexibility index (Phi) is 2.65. The molecule has 1 rings (SSSR count). The van der Waals surface area contributed by atoms with Crippen LogP contribution in [0.4, 0.5) is 0 Å². The monoisotopic (exact) mass is 230 g/mol. The molecule has 2 N–H and O–H groups in total. The Hall–Kier alpha value is -1.10. The molecule has 0 radical (unpaired) electrons. The number of methoxy groups -OCH3 is 1. The minimum Gasteiger partial charge on any atom is -0.496 e. The third kappa shape index (κ3) is 1.55. The fraction of sp³-hybridized carbons (Fsp3) is 0.143. The first kappa shape index (κ1) is 8.99. The number of nitrogens with zero attached hydrogens (tertiary/aromatic N) is 1. The van der Waals surface area contributed by atoms with E-state index in [-0.39, 0.29) is 5.56 Å². The molecule has 0 spiro atoms. The first-order valence-corrected chi connectivity index (χ1v) is 3.94. The minimum atomic E-state index is -0.563. The van der Waals surface area contributed by atoms with Gasteiger partial charge in [0.05, 0.1) is 7.11 Å². The zero-order valence-corrected chi connectivity index (χ0v) is 7.96. The Morgan fingerprint density at radius 2 is 2.42 bits per heavy atom. The third-order valence-electron chi connectivity index (χ3n) is 1.33. The van der Waals surface area contributed by atoms with E-state index in [1.54, 1.807) is 6.07 Å². The van der Waals surface area contributed by atoms with Gasteiger partial charge >= 0.3 is 0 Å². The summed E-state index contributed by atoms with van der Waals surface area (Å²) in [5.41, 5.74) is 5.37. The van der Waals surface area contributed by atoms with Crippen LogP contribution in [0.1, 0.15) is 10.4 Å². The number of aromatic nitrogens is 1. The van der Waals surface area contributed by atoms with E-state index < -0.39 is 5.91 Å². The first-order chi connectivity index (χ1) is 5.66. The molecule has 0 saturated heterocycles. The molecule has 64 valence electrons. The van der Waals surface area contributed by atoms with E-state index in [0.717, 1.165) is 0 Å². The molecular weight excluding hydrogens is 224 g/mol. The minimum absolute atomic E-state index is 0.264. The van der Waals surface area contributed by atoms with Gasteiger partial charge in [-0.05, 0) is 22.0 Å². The highest BCUT2D eigenvalue weighted by atomic mass is 79.9. The number of ether oxygens (including phenoxy) is 1. The molecule has 0 aromatic carbocycles. The van der Waals surface area contributed by atoms with Gasteiger partial charge in [-0.25, -0.2) is 4.98 Å². The van der Waals surface area contributed by atoms with Crippen LogP contribution in [0, 0.1) is 0 Å². The number of rotatable bonds is 2. The molecule has 1 heterocycles. The van der Waals surface area contributed by atoms with Crippen molar-refractivity contribution in [1.29, 1.82) is 0 Å². The SMILES string of the molecule is COc1ccnc(Br)c1C(N)=O. The number of primary amides is 1.